The van der Waals surface area contributed by atoms with Crippen molar-refractivity contribution in [2.24, 2.45) is 17.1 Å². The lowest BCUT2D eigenvalue weighted by Crippen LogP contribution is -2.26. The highest BCUT2D eigenvalue weighted by Crippen LogP contribution is 2.53. The average Bonchev–Trinajstić information content (AvgIpc) is 2.60. The number of fused-ring (bicyclic) bond motifs is 2. The van der Waals surface area contributed by atoms with Crippen molar-refractivity contribution in [3.05, 3.63) is 0 Å². The van der Waals surface area contributed by atoms with Gasteiger partial charge in [-0.05, 0) is 38.0 Å². The van der Waals surface area contributed by atoms with E-state index in [1.807, 2.05) is 0 Å². The number of nitrogens with one attached hydrogen (secondary N) is 1. The van der Waals surface area contributed by atoms with E-state index in [0.717, 1.165) is 5.92 Å². The predicted molar refractivity (Wildman–Crippen MR) is 46.9 cm³/mol. The Hall–Kier alpha value is -0.730. The van der Waals surface area contributed by atoms with Gasteiger partial charge < -0.3 is 10.5 Å². The van der Waals surface area contributed by atoms with E-state index < -0.39 is 0 Å². The van der Waals surface area contributed by atoms with Crippen LogP contribution in [0, 0.1) is 16.7 Å². The minimum Gasteiger partial charge on any atom is -0.465 e. The number of rotatable bonds is 2. The van der Waals surface area contributed by atoms with E-state index in [4.69, 9.17) is 15.9 Å². The first-order valence-corrected chi connectivity index (χ1v) is 4.67. The second kappa shape index (κ2) is 2.64. The lowest BCUT2D eigenvalue weighted by atomic mass is 9.85. The minimum absolute atomic E-state index is 0.125. The molecule has 3 N–H and O–H groups in total. The summed E-state index contributed by atoms with van der Waals surface area (Å²) < 4.78 is 5.11. The molecule has 0 aliphatic heterocycles. The molecule has 0 aromatic carbocycles. The van der Waals surface area contributed by atoms with Crippen LogP contribution in [0.3, 0.4) is 0 Å². The summed E-state index contributed by atoms with van der Waals surface area (Å²) in [6, 6.07) is -0.125. The van der Waals surface area contributed by atoms with Crippen molar-refractivity contribution in [2.75, 3.05) is 6.61 Å². The van der Waals surface area contributed by atoms with Gasteiger partial charge in [0, 0.05) is 5.41 Å². The van der Waals surface area contributed by atoms with Gasteiger partial charge in [-0.3, -0.25) is 5.41 Å². The summed E-state index contributed by atoms with van der Waals surface area (Å²) in [5.41, 5.74) is 5.56. The second-order valence-corrected chi connectivity index (χ2v) is 4.30. The van der Waals surface area contributed by atoms with E-state index >= 15 is 0 Å². The molecule has 0 radical (unpaired) electrons. The third-order valence-corrected chi connectivity index (χ3v) is 3.42. The van der Waals surface area contributed by atoms with E-state index in [1.165, 1.54) is 32.1 Å². The lowest BCUT2D eigenvalue weighted by Gasteiger charge is -2.25. The standard InChI is InChI=1S/C9H16N2O/c10-8(11)12-6-9-3-1-7(5-9)2-4-9/h7H,1-6H2,(H3,10,11). The van der Waals surface area contributed by atoms with E-state index in [2.05, 4.69) is 0 Å². The molecule has 12 heavy (non-hydrogen) atoms. The summed E-state index contributed by atoms with van der Waals surface area (Å²) >= 11 is 0. The summed E-state index contributed by atoms with van der Waals surface area (Å²) in [6.07, 6.45) is 6.60. The Balaban J connectivity index is 1.90. The largest absolute Gasteiger partial charge is 0.465 e. The third-order valence-electron chi connectivity index (χ3n) is 3.42. The Morgan fingerprint density at radius 1 is 1.50 bits per heavy atom. The van der Waals surface area contributed by atoms with Crippen molar-refractivity contribution < 1.29 is 4.74 Å². The van der Waals surface area contributed by atoms with Gasteiger partial charge in [-0.1, -0.05) is 0 Å². The Kier molecular flexibility index (Phi) is 1.74. The molecule has 0 aromatic rings. The van der Waals surface area contributed by atoms with E-state index in [9.17, 15) is 0 Å². The van der Waals surface area contributed by atoms with Crippen LogP contribution in [0.4, 0.5) is 0 Å². The number of ether oxygens (including phenoxy) is 1. The quantitative estimate of drug-likeness (QED) is 0.484. The van der Waals surface area contributed by atoms with Gasteiger partial charge in [0.1, 0.15) is 0 Å². The maximum absolute atomic E-state index is 6.99. The maximum atomic E-state index is 6.99. The first-order chi connectivity index (χ1) is 5.70. The number of hydrogen-bond acceptors (Lipinski definition) is 2. The van der Waals surface area contributed by atoms with Crippen LogP contribution in [0.1, 0.15) is 32.1 Å². The van der Waals surface area contributed by atoms with Crippen LogP contribution < -0.4 is 5.73 Å². The SMILES string of the molecule is N=C(N)OCC12CCC(CC1)C2. The van der Waals surface area contributed by atoms with Gasteiger partial charge in [-0.25, -0.2) is 0 Å². The highest BCUT2D eigenvalue weighted by atomic mass is 16.5. The van der Waals surface area contributed by atoms with Crippen LogP contribution in [0.25, 0.3) is 0 Å². The van der Waals surface area contributed by atoms with Crippen LogP contribution in [-0.4, -0.2) is 12.6 Å². The van der Waals surface area contributed by atoms with Gasteiger partial charge >= 0.3 is 0 Å². The highest BCUT2D eigenvalue weighted by Gasteiger charge is 2.45. The molecular formula is C9H16N2O. The minimum atomic E-state index is -0.125. The zero-order valence-corrected chi connectivity index (χ0v) is 7.31. The van der Waals surface area contributed by atoms with Crippen molar-refractivity contribution in [1.29, 1.82) is 5.41 Å². The first-order valence-electron chi connectivity index (χ1n) is 4.67. The van der Waals surface area contributed by atoms with Crippen molar-refractivity contribution in [1.82, 2.24) is 0 Å². The zero-order chi connectivity index (χ0) is 8.60. The molecule has 3 heteroatoms. The van der Waals surface area contributed by atoms with E-state index in [0.29, 0.717) is 12.0 Å². The van der Waals surface area contributed by atoms with Gasteiger partial charge in [0.25, 0.3) is 6.02 Å². The van der Waals surface area contributed by atoms with Crippen LogP contribution in [0.15, 0.2) is 0 Å². The van der Waals surface area contributed by atoms with E-state index in [-0.39, 0.29) is 6.02 Å². The molecule has 2 saturated carbocycles. The molecule has 0 atom stereocenters. The van der Waals surface area contributed by atoms with Crippen molar-refractivity contribution in [2.45, 2.75) is 32.1 Å². The van der Waals surface area contributed by atoms with E-state index in [1.54, 1.807) is 0 Å². The summed E-state index contributed by atoms with van der Waals surface area (Å²) in [4.78, 5) is 0. The molecule has 0 aromatic heterocycles. The van der Waals surface area contributed by atoms with Gasteiger partial charge in [0.2, 0.25) is 0 Å². The molecule has 3 nitrogen and oxygen atoms in total. The second-order valence-electron chi connectivity index (χ2n) is 4.30. The molecule has 0 amide bonds. The topological polar surface area (TPSA) is 59.1 Å². The molecule has 0 saturated heterocycles. The Morgan fingerprint density at radius 3 is 2.58 bits per heavy atom. The molecule has 0 spiro atoms. The van der Waals surface area contributed by atoms with Crippen LogP contribution in [-0.2, 0) is 4.74 Å². The Morgan fingerprint density at radius 2 is 2.17 bits per heavy atom. The predicted octanol–water partition coefficient (Wildman–Crippen LogP) is 1.48. The lowest BCUT2D eigenvalue weighted by molar-refractivity contribution is 0.140. The molecular weight excluding hydrogens is 152 g/mol. The summed E-state index contributed by atoms with van der Waals surface area (Å²) in [7, 11) is 0. The van der Waals surface area contributed by atoms with Gasteiger partial charge in [0.15, 0.2) is 0 Å². The Bertz CT molecular complexity index is 195. The van der Waals surface area contributed by atoms with Gasteiger partial charge in [-0.2, -0.15) is 0 Å². The third kappa shape index (κ3) is 1.28. The zero-order valence-electron chi connectivity index (χ0n) is 7.31. The number of nitrogens with two attached hydrogens (primary N) is 1. The average molecular weight is 168 g/mol. The number of amidine groups is 1. The van der Waals surface area contributed by atoms with Crippen LogP contribution >= 0.6 is 0 Å². The summed E-state index contributed by atoms with van der Waals surface area (Å²) in [6.45, 7) is 0.679. The normalized spacial score (nSPS) is 38.5. The van der Waals surface area contributed by atoms with Crippen LogP contribution in [0.2, 0.25) is 0 Å². The smallest absolute Gasteiger partial charge is 0.279 e. The van der Waals surface area contributed by atoms with Gasteiger partial charge in [0.05, 0.1) is 6.61 Å². The summed E-state index contributed by atoms with van der Waals surface area (Å²) in [5, 5.41) is 6.99. The highest BCUT2D eigenvalue weighted by molar-refractivity contribution is 5.67. The van der Waals surface area contributed by atoms with Crippen LogP contribution in [0.5, 0.6) is 0 Å². The number of hydrogen-bond donors (Lipinski definition) is 2. The maximum Gasteiger partial charge on any atom is 0.279 e. The first kappa shape index (κ1) is 7.90. The fraction of sp³-hybridized carbons (Fsp3) is 0.889. The molecule has 0 heterocycles. The van der Waals surface area contributed by atoms with Crippen molar-refractivity contribution in [3.63, 3.8) is 0 Å². The van der Waals surface area contributed by atoms with Crippen molar-refractivity contribution in [3.8, 4) is 0 Å². The molecule has 2 aliphatic carbocycles. The fourth-order valence-corrected chi connectivity index (χ4v) is 2.74. The fourth-order valence-electron chi connectivity index (χ4n) is 2.74. The molecule has 0 unspecified atom stereocenters. The molecule has 68 valence electrons. The molecule has 2 rings (SSSR count). The monoisotopic (exact) mass is 168 g/mol. The molecule has 2 fully saturated rings. The molecule has 2 bridgehead atoms. The summed E-state index contributed by atoms with van der Waals surface area (Å²) in [5.74, 6) is 0.945. The van der Waals surface area contributed by atoms with Gasteiger partial charge in [-0.15, -0.1) is 0 Å². The molecule has 2 aliphatic rings. The van der Waals surface area contributed by atoms with Crippen molar-refractivity contribution >= 4 is 6.02 Å². The Labute approximate surface area is 72.8 Å².